The van der Waals surface area contributed by atoms with Gasteiger partial charge in [0, 0.05) is 13.3 Å². The number of hydrogen-bond donors (Lipinski definition) is 2. The van der Waals surface area contributed by atoms with Crippen molar-refractivity contribution in [3.63, 3.8) is 0 Å². The van der Waals surface area contributed by atoms with Gasteiger partial charge in [0.05, 0.1) is 6.61 Å². The van der Waals surface area contributed by atoms with Crippen LogP contribution in [0.2, 0.25) is 0 Å². The van der Waals surface area contributed by atoms with Crippen molar-refractivity contribution in [3.05, 3.63) is 39.8 Å². The Morgan fingerprint density at radius 2 is 2.08 bits per heavy atom. The van der Waals surface area contributed by atoms with Crippen molar-refractivity contribution in [2.24, 2.45) is 0 Å². The van der Waals surface area contributed by atoms with E-state index < -0.39 is 0 Å². The fraction of sp³-hybridized carbons (Fsp3) is 0.312. The maximum atomic E-state index is 12.2. The average molecular weight is 330 g/mol. The number of methoxy groups -OCH3 is 1. The molecule has 2 N–H and O–H groups in total. The van der Waals surface area contributed by atoms with Crippen molar-refractivity contribution in [1.29, 1.82) is 0 Å². The van der Waals surface area contributed by atoms with Crippen LogP contribution < -0.4 is 10.3 Å². The Morgan fingerprint density at radius 3 is 2.79 bits per heavy atom. The summed E-state index contributed by atoms with van der Waals surface area (Å²) in [4.78, 5) is 18.9. The second kappa shape index (κ2) is 6.32. The molecule has 0 aliphatic carbocycles. The van der Waals surface area contributed by atoms with E-state index in [9.17, 15) is 9.90 Å². The molecule has 1 aromatic carbocycles. The van der Waals surface area contributed by atoms with E-state index in [1.807, 2.05) is 19.9 Å². The molecular formula is C16H18N4O4. The van der Waals surface area contributed by atoms with Gasteiger partial charge in [0.25, 0.3) is 11.6 Å². The number of nitrogens with zero attached hydrogens (tertiary/aromatic N) is 3. The number of ether oxygens (including phenoxy) is 2. The Labute approximate surface area is 137 Å². The first-order valence-electron chi connectivity index (χ1n) is 7.41. The number of aryl methyl sites for hydroxylation is 2. The zero-order valence-electron chi connectivity index (χ0n) is 13.7. The van der Waals surface area contributed by atoms with Crippen LogP contribution in [0.15, 0.2) is 23.1 Å². The van der Waals surface area contributed by atoms with Gasteiger partial charge in [0.1, 0.15) is 23.4 Å². The minimum absolute atomic E-state index is 0.0830. The monoisotopic (exact) mass is 330 g/mol. The minimum Gasteiger partial charge on any atom is -0.506 e. The number of fused-ring (bicyclic) bond motifs is 1. The summed E-state index contributed by atoms with van der Waals surface area (Å²) in [5, 5.41) is 14.8. The van der Waals surface area contributed by atoms with Crippen LogP contribution in [0, 0.1) is 13.8 Å². The highest BCUT2D eigenvalue weighted by Gasteiger charge is 2.14. The van der Waals surface area contributed by atoms with Crippen LogP contribution in [0.3, 0.4) is 0 Å². The molecule has 2 aromatic heterocycles. The number of benzene rings is 1. The average Bonchev–Trinajstić information content (AvgIpc) is 2.90. The first kappa shape index (κ1) is 16.0. The van der Waals surface area contributed by atoms with Crippen LogP contribution in [0.25, 0.3) is 16.7 Å². The normalized spacial score (nSPS) is 11.1. The molecule has 0 spiro atoms. The zero-order valence-corrected chi connectivity index (χ0v) is 13.7. The van der Waals surface area contributed by atoms with Crippen LogP contribution in [0.1, 0.15) is 11.1 Å². The van der Waals surface area contributed by atoms with Gasteiger partial charge in [-0.1, -0.05) is 6.07 Å². The van der Waals surface area contributed by atoms with Crippen LogP contribution in [-0.2, 0) is 4.74 Å². The van der Waals surface area contributed by atoms with E-state index in [-0.39, 0.29) is 29.6 Å². The predicted octanol–water partition coefficient (Wildman–Crippen LogP) is 1.46. The molecule has 8 heteroatoms. The molecule has 2 heterocycles. The number of nitrogens with one attached hydrogen (secondary N) is 1. The lowest BCUT2D eigenvalue weighted by atomic mass is 10.1. The molecular weight excluding hydrogens is 312 g/mol. The molecule has 3 aromatic rings. The SMILES string of the molecule is COCCOc1nc2nn(-c3c(C)cc(C)cc3O)cc2c(=O)[nH]1. The minimum atomic E-state index is -0.358. The maximum Gasteiger partial charge on any atom is 0.298 e. The van der Waals surface area contributed by atoms with Crippen molar-refractivity contribution in [2.45, 2.75) is 13.8 Å². The van der Waals surface area contributed by atoms with Gasteiger partial charge >= 0.3 is 0 Å². The van der Waals surface area contributed by atoms with Crippen molar-refractivity contribution < 1.29 is 14.6 Å². The van der Waals surface area contributed by atoms with Crippen LogP contribution in [0.5, 0.6) is 11.8 Å². The van der Waals surface area contributed by atoms with Crippen LogP contribution in [0.4, 0.5) is 0 Å². The third-order valence-corrected chi connectivity index (χ3v) is 3.55. The van der Waals surface area contributed by atoms with Gasteiger partial charge in [-0.15, -0.1) is 5.10 Å². The highest BCUT2D eigenvalue weighted by atomic mass is 16.5. The largest absolute Gasteiger partial charge is 0.506 e. The number of rotatable bonds is 5. The van der Waals surface area contributed by atoms with Gasteiger partial charge < -0.3 is 14.6 Å². The van der Waals surface area contributed by atoms with Gasteiger partial charge in [0.15, 0.2) is 5.65 Å². The second-order valence-electron chi connectivity index (χ2n) is 5.47. The fourth-order valence-corrected chi connectivity index (χ4v) is 2.54. The lowest BCUT2D eigenvalue weighted by Gasteiger charge is -2.09. The number of aromatic nitrogens is 4. The van der Waals surface area contributed by atoms with E-state index in [1.165, 1.54) is 10.9 Å². The Morgan fingerprint density at radius 1 is 1.29 bits per heavy atom. The van der Waals surface area contributed by atoms with Crippen LogP contribution in [-0.4, -0.2) is 45.2 Å². The lowest BCUT2D eigenvalue weighted by Crippen LogP contribution is -2.12. The van der Waals surface area contributed by atoms with E-state index in [4.69, 9.17) is 9.47 Å². The number of phenolic OH excluding ortho intramolecular Hbond substituents is 1. The fourth-order valence-electron chi connectivity index (χ4n) is 2.54. The standard InChI is InChI=1S/C16H18N4O4/c1-9-6-10(2)13(12(21)7-9)20-8-11-14(19-20)17-16(18-15(11)22)24-5-4-23-3/h6-8,21H,4-5H2,1-3H3,(H,17,18,19,22). The molecule has 0 fully saturated rings. The quantitative estimate of drug-likeness (QED) is 0.687. The summed E-state index contributed by atoms with van der Waals surface area (Å²) in [6, 6.07) is 3.66. The molecule has 0 aliphatic rings. The van der Waals surface area contributed by atoms with Crippen molar-refractivity contribution in [1.82, 2.24) is 19.7 Å². The number of hydrogen-bond acceptors (Lipinski definition) is 6. The summed E-state index contributed by atoms with van der Waals surface area (Å²) in [6.45, 7) is 4.41. The van der Waals surface area contributed by atoms with Crippen molar-refractivity contribution >= 4 is 11.0 Å². The first-order chi connectivity index (χ1) is 11.5. The summed E-state index contributed by atoms with van der Waals surface area (Å²) in [5.74, 6) is 0.0910. The Hall–Kier alpha value is -2.87. The van der Waals surface area contributed by atoms with Gasteiger partial charge in [-0.3, -0.25) is 9.78 Å². The van der Waals surface area contributed by atoms with Gasteiger partial charge in [0.2, 0.25) is 0 Å². The topological polar surface area (TPSA) is 102 Å². The zero-order chi connectivity index (χ0) is 17.3. The van der Waals surface area contributed by atoms with E-state index in [0.29, 0.717) is 17.7 Å². The molecule has 126 valence electrons. The Kier molecular flexibility index (Phi) is 4.22. The van der Waals surface area contributed by atoms with Gasteiger partial charge in [-0.05, 0) is 31.0 Å². The lowest BCUT2D eigenvalue weighted by molar-refractivity contribution is 0.141. The molecule has 0 atom stereocenters. The van der Waals surface area contributed by atoms with Crippen molar-refractivity contribution in [2.75, 3.05) is 20.3 Å². The van der Waals surface area contributed by atoms with E-state index in [0.717, 1.165) is 11.1 Å². The molecule has 0 radical (unpaired) electrons. The molecule has 8 nitrogen and oxygen atoms in total. The van der Waals surface area contributed by atoms with E-state index in [1.54, 1.807) is 13.2 Å². The molecule has 0 amide bonds. The second-order valence-corrected chi connectivity index (χ2v) is 5.47. The molecule has 3 rings (SSSR count). The molecule has 0 bridgehead atoms. The third kappa shape index (κ3) is 2.95. The Balaban J connectivity index is 2.06. The summed E-state index contributed by atoms with van der Waals surface area (Å²) in [6.07, 6.45) is 1.54. The summed E-state index contributed by atoms with van der Waals surface area (Å²) in [5.41, 5.74) is 2.18. The van der Waals surface area contributed by atoms with E-state index >= 15 is 0 Å². The number of H-pyrrole nitrogens is 1. The number of aromatic hydroxyl groups is 1. The van der Waals surface area contributed by atoms with Crippen LogP contribution >= 0.6 is 0 Å². The molecule has 0 saturated heterocycles. The number of phenols is 1. The Bertz CT molecular complexity index is 922. The van der Waals surface area contributed by atoms with Crippen molar-refractivity contribution in [3.8, 4) is 17.4 Å². The molecule has 0 saturated carbocycles. The summed E-state index contributed by atoms with van der Waals surface area (Å²) in [7, 11) is 1.56. The number of aromatic amines is 1. The summed E-state index contributed by atoms with van der Waals surface area (Å²) >= 11 is 0. The summed E-state index contributed by atoms with van der Waals surface area (Å²) < 4.78 is 11.7. The molecule has 0 unspecified atom stereocenters. The van der Waals surface area contributed by atoms with E-state index in [2.05, 4.69) is 15.1 Å². The third-order valence-electron chi connectivity index (χ3n) is 3.55. The maximum absolute atomic E-state index is 12.2. The smallest absolute Gasteiger partial charge is 0.298 e. The highest BCUT2D eigenvalue weighted by Crippen LogP contribution is 2.27. The molecule has 24 heavy (non-hydrogen) atoms. The predicted molar refractivity (Wildman–Crippen MR) is 88.0 cm³/mol. The first-order valence-corrected chi connectivity index (χ1v) is 7.41. The highest BCUT2D eigenvalue weighted by molar-refractivity contribution is 5.74. The van der Waals surface area contributed by atoms with Gasteiger partial charge in [-0.2, -0.15) is 4.98 Å². The molecule has 0 aliphatic heterocycles. The van der Waals surface area contributed by atoms with Gasteiger partial charge in [-0.25, -0.2) is 4.68 Å².